The molecule has 0 N–H and O–H groups in total. The van der Waals surface area contributed by atoms with Crippen molar-refractivity contribution in [2.75, 3.05) is 13.2 Å². The lowest BCUT2D eigenvalue weighted by molar-refractivity contribution is -0.167. The smallest absolute Gasteiger partial charge is 0.306 e. The number of unbranched alkanes of at least 4 members (excludes halogenated alkanes) is 24. The van der Waals surface area contributed by atoms with E-state index in [2.05, 4.69) is 81.5 Å². The molecule has 0 aliphatic carbocycles. The summed E-state index contributed by atoms with van der Waals surface area (Å²) >= 11 is 0. The van der Waals surface area contributed by atoms with Crippen molar-refractivity contribution in [1.82, 2.24) is 0 Å². The zero-order valence-electron chi connectivity index (χ0n) is 39.5. The molecule has 60 heavy (non-hydrogen) atoms. The Kier molecular flexibility index (Phi) is 46.4. The lowest BCUT2D eigenvalue weighted by Crippen LogP contribution is -2.30. The molecule has 0 aliphatic heterocycles. The van der Waals surface area contributed by atoms with E-state index in [1.54, 1.807) is 0 Å². The van der Waals surface area contributed by atoms with E-state index in [1.165, 1.54) is 103 Å². The van der Waals surface area contributed by atoms with Crippen LogP contribution in [0.15, 0.2) is 60.8 Å². The Bertz CT molecular complexity index is 1100. The van der Waals surface area contributed by atoms with Gasteiger partial charge in [0.15, 0.2) is 6.10 Å². The van der Waals surface area contributed by atoms with Gasteiger partial charge >= 0.3 is 17.9 Å². The van der Waals surface area contributed by atoms with Crippen LogP contribution < -0.4 is 0 Å². The van der Waals surface area contributed by atoms with E-state index in [4.69, 9.17) is 14.2 Å². The third-order valence-electron chi connectivity index (χ3n) is 10.7. The van der Waals surface area contributed by atoms with Crippen LogP contribution in [0.4, 0.5) is 0 Å². The molecule has 1 atom stereocenters. The Morgan fingerprint density at radius 2 is 0.617 bits per heavy atom. The maximum absolute atomic E-state index is 12.8. The van der Waals surface area contributed by atoms with Gasteiger partial charge in [0.25, 0.3) is 0 Å². The van der Waals surface area contributed by atoms with Gasteiger partial charge in [0.05, 0.1) is 0 Å². The highest BCUT2D eigenvalue weighted by Crippen LogP contribution is 2.14. The summed E-state index contributed by atoms with van der Waals surface area (Å²) < 4.78 is 16.7. The average Bonchev–Trinajstić information content (AvgIpc) is 3.24. The Morgan fingerprint density at radius 3 is 1.02 bits per heavy atom. The predicted octanol–water partition coefficient (Wildman–Crippen LogP) is 16.5. The molecule has 6 heteroatoms. The van der Waals surface area contributed by atoms with Crippen LogP contribution in [-0.2, 0) is 28.6 Å². The van der Waals surface area contributed by atoms with Crippen LogP contribution in [0.5, 0.6) is 0 Å². The summed E-state index contributed by atoms with van der Waals surface area (Å²) in [6.07, 6.45) is 59.1. The number of hydrogen-bond donors (Lipinski definition) is 0. The molecule has 6 nitrogen and oxygen atoms in total. The summed E-state index contributed by atoms with van der Waals surface area (Å²) in [6, 6.07) is 0. The molecule has 0 bridgehead atoms. The monoisotopic (exact) mass is 839 g/mol. The highest BCUT2D eigenvalue weighted by atomic mass is 16.6. The van der Waals surface area contributed by atoms with Crippen molar-refractivity contribution < 1.29 is 28.6 Å². The fraction of sp³-hybridized carbons (Fsp3) is 0.759. The van der Waals surface area contributed by atoms with Crippen LogP contribution in [-0.4, -0.2) is 37.2 Å². The molecule has 0 aromatic rings. The zero-order chi connectivity index (χ0) is 43.7. The molecule has 0 heterocycles. The summed E-state index contributed by atoms with van der Waals surface area (Å²) in [5.74, 6) is -0.911. The van der Waals surface area contributed by atoms with E-state index in [0.29, 0.717) is 19.3 Å². The fourth-order valence-electron chi connectivity index (χ4n) is 6.88. The Balaban J connectivity index is 4.36. The van der Waals surface area contributed by atoms with Crippen LogP contribution >= 0.6 is 0 Å². The van der Waals surface area contributed by atoms with Crippen LogP contribution in [0.2, 0.25) is 0 Å². The quantitative estimate of drug-likeness (QED) is 0.0263. The standard InChI is InChI=1S/C54H94O6/c1-4-7-10-13-16-19-21-23-25-26-27-28-29-31-32-35-38-41-44-47-53(56)59-50-51(49-58-52(55)46-43-40-37-34-18-15-12-9-6-3)60-54(57)48-45-42-39-36-33-30-24-22-20-17-14-11-8-5-2/h14,16-17,19,22-25,27-28,51H,4-13,15,18,20-21,26,29-50H2,1-3H3/b17-14-,19-16-,24-22-,25-23-,28-27-/t51-/m1/s1. The highest BCUT2D eigenvalue weighted by Gasteiger charge is 2.19. The fourth-order valence-corrected chi connectivity index (χ4v) is 6.88. The molecule has 0 aliphatic rings. The second kappa shape index (κ2) is 48.8. The molecule has 0 spiro atoms. The van der Waals surface area contributed by atoms with E-state index in [0.717, 1.165) is 103 Å². The van der Waals surface area contributed by atoms with Gasteiger partial charge in [-0.15, -0.1) is 0 Å². The van der Waals surface area contributed by atoms with Gasteiger partial charge in [0.1, 0.15) is 13.2 Å². The van der Waals surface area contributed by atoms with Gasteiger partial charge in [-0.2, -0.15) is 0 Å². The highest BCUT2D eigenvalue weighted by molar-refractivity contribution is 5.71. The number of rotatable bonds is 45. The van der Waals surface area contributed by atoms with E-state index in [1.807, 2.05) is 0 Å². The van der Waals surface area contributed by atoms with Crippen molar-refractivity contribution in [1.29, 1.82) is 0 Å². The molecule has 0 radical (unpaired) electrons. The number of ether oxygens (including phenoxy) is 3. The third-order valence-corrected chi connectivity index (χ3v) is 10.7. The minimum absolute atomic E-state index is 0.0833. The average molecular weight is 839 g/mol. The Labute approximate surface area is 370 Å². The lowest BCUT2D eigenvalue weighted by Gasteiger charge is -2.18. The number of carbonyl (C=O) groups excluding carboxylic acids is 3. The van der Waals surface area contributed by atoms with Crippen molar-refractivity contribution in [2.24, 2.45) is 0 Å². The summed E-state index contributed by atoms with van der Waals surface area (Å²) in [4.78, 5) is 37.8. The van der Waals surface area contributed by atoms with Gasteiger partial charge in [-0.05, 0) is 83.5 Å². The molecular formula is C54H94O6. The molecule has 0 saturated heterocycles. The van der Waals surface area contributed by atoms with Gasteiger partial charge in [-0.3, -0.25) is 14.4 Å². The van der Waals surface area contributed by atoms with Gasteiger partial charge < -0.3 is 14.2 Å². The van der Waals surface area contributed by atoms with E-state index >= 15 is 0 Å². The van der Waals surface area contributed by atoms with Crippen LogP contribution in [0.3, 0.4) is 0 Å². The SMILES string of the molecule is CCCC/C=C\C/C=C\CCCCCCCC(=O)O[C@@H](COC(=O)CCCCCCCC/C=C\C/C=C\C/C=C\CCCCC)COC(=O)CCCCCCCCCCC. The Hall–Kier alpha value is -2.89. The molecule has 346 valence electrons. The van der Waals surface area contributed by atoms with Crippen LogP contribution in [0.25, 0.3) is 0 Å². The maximum Gasteiger partial charge on any atom is 0.306 e. The Morgan fingerprint density at radius 1 is 0.333 bits per heavy atom. The van der Waals surface area contributed by atoms with Crippen LogP contribution in [0, 0.1) is 0 Å². The molecule has 0 aromatic heterocycles. The van der Waals surface area contributed by atoms with Crippen molar-refractivity contribution in [3.63, 3.8) is 0 Å². The first-order valence-electron chi connectivity index (χ1n) is 25.3. The normalized spacial score (nSPS) is 12.5. The van der Waals surface area contributed by atoms with Gasteiger partial charge in [-0.25, -0.2) is 0 Å². The number of esters is 3. The first kappa shape index (κ1) is 57.1. The van der Waals surface area contributed by atoms with Gasteiger partial charge in [0, 0.05) is 19.3 Å². The second-order valence-corrected chi connectivity index (χ2v) is 16.7. The molecule has 0 amide bonds. The summed E-state index contributed by atoms with van der Waals surface area (Å²) in [6.45, 7) is 6.53. The third kappa shape index (κ3) is 46.2. The first-order chi connectivity index (χ1) is 29.5. The van der Waals surface area contributed by atoms with Crippen LogP contribution in [0.1, 0.15) is 245 Å². The topological polar surface area (TPSA) is 78.9 Å². The predicted molar refractivity (Wildman–Crippen MR) is 256 cm³/mol. The largest absolute Gasteiger partial charge is 0.462 e. The summed E-state index contributed by atoms with van der Waals surface area (Å²) in [7, 11) is 0. The maximum atomic E-state index is 12.8. The van der Waals surface area contributed by atoms with E-state index < -0.39 is 6.10 Å². The van der Waals surface area contributed by atoms with Crippen molar-refractivity contribution in [2.45, 2.75) is 252 Å². The number of carbonyl (C=O) groups is 3. The minimum Gasteiger partial charge on any atom is -0.462 e. The van der Waals surface area contributed by atoms with E-state index in [9.17, 15) is 14.4 Å². The molecule has 0 rings (SSSR count). The summed E-state index contributed by atoms with van der Waals surface area (Å²) in [5, 5.41) is 0. The molecule has 0 saturated carbocycles. The second-order valence-electron chi connectivity index (χ2n) is 16.7. The van der Waals surface area contributed by atoms with Crippen molar-refractivity contribution in [3.05, 3.63) is 60.8 Å². The van der Waals surface area contributed by atoms with E-state index in [-0.39, 0.29) is 31.1 Å². The first-order valence-corrected chi connectivity index (χ1v) is 25.3. The molecular weight excluding hydrogens is 745 g/mol. The van der Waals surface area contributed by atoms with Crippen molar-refractivity contribution in [3.8, 4) is 0 Å². The van der Waals surface area contributed by atoms with Crippen molar-refractivity contribution >= 4 is 17.9 Å². The number of hydrogen-bond acceptors (Lipinski definition) is 6. The summed E-state index contributed by atoms with van der Waals surface area (Å²) in [5.41, 5.74) is 0. The molecule has 0 aromatic carbocycles. The lowest BCUT2D eigenvalue weighted by atomic mass is 10.1. The zero-order valence-corrected chi connectivity index (χ0v) is 39.5. The van der Waals surface area contributed by atoms with Gasteiger partial charge in [0.2, 0.25) is 0 Å². The minimum atomic E-state index is -0.783. The molecule has 0 fully saturated rings. The van der Waals surface area contributed by atoms with Gasteiger partial charge in [-0.1, -0.05) is 204 Å². The molecule has 0 unspecified atom stereocenters. The number of allylic oxidation sites excluding steroid dienone is 10.